The number of aromatic carboxylic acids is 1. The number of hydrogen-bond acceptors (Lipinski definition) is 5. The third kappa shape index (κ3) is 2.28. The van der Waals surface area contributed by atoms with Crippen molar-refractivity contribution in [1.29, 1.82) is 0 Å². The summed E-state index contributed by atoms with van der Waals surface area (Å²) in [6.45, 7) is 0.317. The Bertz CT molecular complexity index is 1180. The van der Waals surface area contributed by atoms with Crippen molar-refractivity contribution in [2.75, 3.05) is 0 Å². The smallest absolute Gasteiger partial charge is 0.371 e. The molecule has 0 saturated heterocycles. The molecule has 0 amide bonds. The molecule has 0 atom stereocenters. The second kappa shape index (κ2) is 5.38. The quantitative estimate of drug-likeness (QED) is 0.767. The van der Waals surface area contributed by atoms with Crippen LogP contribution in [-0.4, -0.2) is 32.4 Å². The number of rotatable bonds is 4. The minimum Gasteiger partial charge on any atom is -0.475 e. The summed E-state index contributed by atoms with van der Waals surface area (Å²) >= 11 is 0. The van der Waals surface area contributed by atoms with Crippen LogP contribution in [0.3, 0.4) is 0 Å². The molecule has 0 radical (unpaired) electrons. The number of fused-ring (bicyclic) bond motifs is 1. The van der Waals surface area contributed by atoms with Crippen molar-refractivity contribution in [3.05, 3.63) is 76.2 Å². The van der Waals surface area contributed by atoms with Gasteiger partial charge in [0, 0.05) is 17.6 Å². The van der Waals surface area contributed by atoms with Crippen molar-refractivity contribution in [2.24, 2.45) is 0 Å². The van der Waals surface area contributed by atoms with E-state index in [9.17, 15) is 14.4 Å². The number of furan rings is 1. The first-order chi connectivity index (χ1) is 13.0. The normalized spacial score (nSPS) is 15.0. The molecule has 2 heterocycles. The van der Waals surface area contributed by atoms with Gasteiger partial charge < -0.3 is 9.52 Å². The van der Waals surface area contributed by atoms with Crippen LogP contribution in [0.5, 0.6) is 0 Å². The van der Waals surface area contributed by atoms with E-state index in [0.717, 1.165) is 5.56 Å². The Kier molecular flexibility index (Phi) is 3.09. The van der Waals surface area contributed by atoms with Crippen LogP contribution < -0.4 is 0 Å². The number of carboxylic acids is 1. The molecule has 2 aromatic heterocycles. The molecule has 27 heavy (non-hydrogen) atoms. The van der Waals surface area contributed by atoms with Crippen LogP contribution in [0.15, 0.2) is 58.0 Å². The Morgan fingerprint density at radius 3 is 2.52 bits per heavy atom. The molecule has 7 heteroatoms. The SMILES string of the molecule is O=C(O)c1ccc(-c2nn(Cc3ccccc3)c3c2C(=O)C2=C(C2)C3=O)o1. The summed E-state index contributed by atoms with van der Waals surface area (Å²) in [5.41, 5.74) is 2.61. The second-order valence-corrected chi connectivity index (χ2v) is 6.48. The number of Topliss-reactive ketones (excluding diaryl/α,β-unsaturated/α-hetero) is 2. The lowest BCUT2D eigenvalue weighted by molar-refractivity contribution is 0.0663. The van der Waals surface area contributed by atoms with Crippen LogP contribution in [0, 0.1) is 0 Å². The van der Waals surface area contributed by atoms with E-state index >= 15 is 0 Å². The molecule has 7 nitrogen and oxygen atoms in total. The highest BCUT2D eigenvalue weighted by molar-refractivity contribution is 6.32. The van der Waals surface area contributed by atoms with Crippen LogP contribution in [0.1, 0.15) is 43.4 Å². The Morgan fingerprint density at radius 1 is 1.07 bits per heavy atom. The lowest BCUT2D eigenvalue weighted by atomic mass is 9.98. The van der Waals surface area contributed by atoms with Crippen LogP contribution in [0.25, 0.3) is 11.5 Å². The average molecular weight is 360 g/mol. The van der Waals surface area contributed by atoms with E-state index in [1.54, 1.807) is 0 Å². The number of ketones is 2. The molecular formula is C20H12N2O5. The maximum atomic E-state index is 12.8. The minimum atomic E-state index is -1.21. The predicted molar refractivity (Wildman–Crippen MR) is 92.7 cm³/mol. The van der Waals surface area contributed by atoms with Gasteiger partial charge in [-0.1, -0.05) is 30.3 Å². The highest BCUT2D eigenvalue weighted by atomic mass is 16.4. The summed E-state index contributed by atoms with van der Waals surface area (Å²) in [7, 11) is 0. The van der Waals surface area contributed by atoms with E-state index in [4.69, 9.17) is 9.52 Å². The Labute approximate surface area is 152 Å². The Morgan fingerprint density at radius 2 is 1.81 bits per heavy atom. The van der Waals surface area contributed by atoms with Gasteiger partial charge in [0.1, 0.15) is 11.4 Å². The monoisotopic (exact) mass is 360 g/mol. The lowest BCUT2D eigenvalue weighted by Crippen LogP contribution is -2.16. The Balaban J connectivity index is 1.68. The van der Waals surface area contributed by atoms with Crippen LogP contribution >= 0.6 is 0 Å². The fraction of sp³-hybridized carbons (Fsp3) is 0.100. The van der Waals surface area contributed by atoms with Gasteiger partial charge in [0.25, 0.3) is 0 Å². The maximum absolute atomic E-state index is 12.8. The van der Waals surface area contributed by atoms with Gasteiger partial charge in [0.15, 0.2) is 11.5 Å². The first-order valence-electron chi connectivity index (χ1n) is 8.34. The van der Waals surface area contributed by atoms with Gasteiger partial charge in [-0.3, -0.25) is 14.3 Å². The van der Waals surface area contributed by atoms with E-state index in [0.29, 0.717) is 24.1 Å². The molecule has 0 unspecified atom stereocenters. The van der Waals surface area contributed by atoms with Crippen LogP contribution in [-0.2, 0) is 6.54 Å². The maximum Gasteiger partial charge on any atom is 0.371 e. The van der Waals surface area contributed by atoms with Crippen LogP contribution in [0.2, 0.25) is 0 Å². The molecule has 0 fully saturated rings. The van der Waals surface area contributed by atoms with Gasteiger partial charge >= 0.3 is 5.97 Å². The van der Waals surface area contributed by atoms with Gasteiger partial charge in [-0.05, 0) is 17.7 Å². The van der Waals surface area contributed by atoms with Crippen molar-refractivity contribution >= 4 is 17.5 Å². The molecule has 0 saturated carbocycles. The fourth-order valence-corrected chi connectivity index (χ4v) is 3.39. The molecule has 0 aliphatic heterocycles. The van der Waals surface area contributed by atoms with E-state index in [-0.39, 0.29) is 40.0 Å². The van der Waals surface area contributed by atoms with Gasteiger partial charge in [0.05, 0.1) is 12.1 Å². The zero-order chi connectivity index (χ0) is 18.7. The van der Waals surface area contributed by atoms with Crippen molar-refractivity contribution < 1.29 is 23.9 Å². The standard InChI is InChI=1S/C20H12N2O5/c23-18-11-8-12(11)19(24)17-15(18)16(13-6-7-14(27-13)20(25)26)21-22(17)9-10-4-2-1-3-5-10/h1-7H,8-9H2,(H,25,26). The predicted octanol–water partition coefficient (Wildman–Crippen LogP) is 2.97. The topological polar surface area (TPSA) is 102 Å². The molecule has 3 aromatic rings. The average Bonchev–Trinajstić information content (AvgIpc) is 3.16. The molecule has 2 aliphatic rings. The molecule has 1 N–H and O–H groups in total. The highest BCUT2D eigenvalue weighted by Crippen LogP contribution is 2.44. The number of nitrogens with zero attached hydrogens (tertiary/aromatic N) is 2. The molecule has 1 aromatic carbocycles. The zero-order valence-electron chi connectivity index (χ0n) is 13.9. The van der Waals surface area contributed by atoms with Crippen molar-refractivity contribution in [3.63, 3.8) is 0 Å². The minimum absolute atomic E-state index is 0.154. The van der Waals surface area contributed by atoms with Gasteiger partial charge in [-0.25, -0.2) is 4.79 Å². The summed E-state index contributed by atoms with van der Waals surface area (Å²) < 4.78 is 6.84. The summed E-state index contributed by atoms with van der Waals surface area (Å²) in [4.78, 5) is 36.7. The summed E-state index contributed by atoms with van der Waals surface area (Å²) in [6, 6.07) is 12.2. The number of hydrogen-bond donors (Lipinski definition) is 1. The molecule has 0 spiro atoms. The number of carboxylic acid groups (broad SMARTS) is 1. The zero-order valence-corrected chi connectivity index (χ0v) is 13.9. The number of allylic oxidation sites excluding steroid dienone is 2. The molecule has 5 rings (SSSR count). The molecule has 0 bridgehead atoms. The number of carbonyl (C=O) groups is 3. The van der Waals surface area contributed by atoms with Crippen molar-refractivity contribution in [3.8, 4) is 11.5 Å². The van der Waals surface area contributed by atoms with Crippen LogP contribution in [0.4, 0.5) is 0 Å². The lowest BCUT2D eigenvalue weighted by Gasteiger charge is -2.08. The highest BCUT2D eigenvalue weighted by Gasteiger charge is 2.46. The first-order valence-corrected chi connectivity index (χ1v) is 8.34. The van der Waals surface area contributed by atoms with Gasteiger partial charge in [-0.2, -0.15) is 5.10 Å². The molecule has 2 aliphatic carbocycles. The Hall–Kier alpha value is -3.74. The molecular weight excluding hydrogens is 348 g/mol. The first kappa shape index (κ1) is 15.5. The van der Waals surface area contributed by atoms with E-state index in [1.807, 2.05) is 30.3 Å². The van der Waals surface area contributed by atoms with Gasteiger partial charge in [-0.15, -0.1) is 0 Å². The van der Waals surface area contributed by atoms with Crippen molar-refractivity contribution in [1.82, 2.24) is 9.78 Å². The second-order valence-electron chi connectivity index (χ2n) is 6.48. The van der Waals surface area contributed by atoms with E-state index in [1.165, 1.54) is 16.8 Å². The largest absolute Gasteiger partial charge is 0.475 e. The number of benzene rings is 1. The third-order valence-electron chi connectivity index (χ3n) is 4.76. The number of carbonyl (C=O) groups excluding carboxylic acids is 2. The van der Waals surface area contributed by atoms with E-state index < -0.39 is 5.97 Å². The summed E-state index contributed by atoms with van der Waals surface area (Å²) in [5.74, 6) is -1.74. The summed E-state index contributed by atoms with van der Waals surface area (Å²) in [6.07, 6.45) is 0.398. The fourth-order valence-electron chi connectivity index (χ4n) is 3.39. The van der Waals surface area contributed by atoms with E-state index in [2.05, 4.69) is 5.10 Å². The number of aromatic nitrogens is 2. The van der Waals surface area contributed by atoms with Crippen molar-refractivity contribution in [2.45, 2.75) is 13.0 Å². The third-order valence-corrected chi connectivity index (χ3v) is 4.76. The summed E-state index contributed by atoms with van der Waals surface area (Å²) in [5, 5.41) is 13.5. The van der Waals surface area contributed by atoms with Gasteiger partial charge in [0.2, 0.25) is 11.5 Å². The molecule has 132 valence electrons.